The first-order valence-corrected chi connectivity index (χ1v) is 8.21. The van der Waals surface area contributed by atoms with Gasteiger partial charge in [-0.15, -0.1) is 0 Å². The van der Waals surface area contributed by atoms with Crippen LogP contribution in [-0.4, -0.2) is 22.9 Å². The van der Waals surface area contributed by atoms with E-state index in [1.54, 1.807) is 0 Å². The molecule has 0 heterocycles. The minimum atomic E-state index is 0.169. The lowest BCUT2D eigenvalue weighted by molar-refractivity contribution is -0.139. The summed E-state index contributed by atoms with van der Waals surface area (Å²) in [4.78, 5) is 15.0. The van der Waals surface area contributed by atoms with Gasteiger partial charge in [-0.3, -0.25) is 4.79 Å². The van der Waals surface area contributed by atoms with Crippen molar-refractivity contribution in [1.82, 2.24) is 4.90 Å². The van der Waals surface area contributed by atoms with Crippen LogP contribution in [0.4, 0.5) is 0 Å². The fourth-order valence-corrected chi connectivity index (χ4v) is 3.05. The Hall–Kier alpha value is -1.35. The maximum absolute atomic E-state index is 12.9. The monoisotopic (exact) mass is 288 g/mol. The molecule has 2 N–H and O–H groups in total. The zero-order valence-corrected chi connectivity index (χ0v) is 13.3. The minimum absolute atomic E-state index is 0.169. The molecule has 1 aliphatic carbocycles. The van der Waals surface area contributed by atoms with Crippen LogP contribution < -0.4 is 5.73 Å². The molecule has 1 aliphatic rings. The number of rotatable bonds is 5. The first-order valence-electron chi connectivity index (χ1n) is 8.21. The number of nitrogens with two attached hydrogens (primary N) is 1. The Bertz CT molecular complexity index is 438. The van der Waals surface area contributed by atoms with Gasteiger partial charge in [0.2, 0.25) is 5.91 Å². The zero-order valence-electron chi connectivity index (χ0n) is 13.3. The van der Waals surface area contributed by atoms with E-state index in [1.165, 1.54) is 5.56 Å². The standard InChI is InChI=1S/C18H28N2O/c1-3-14(2)20(13-15-7-5-4-6-8-15)18(21)16-9-11-17(19)12-10-16/h4-8,14,16-17H,3,9-13,19H2,1-2H3. The number of hydrogen-bond donors (Lipinski definition) is 1. The van der Waals surface area contributed by atoms with Gasteiger partial charge >= 0.3 is 0 Å². The molecule has 0 radical (unpaired) electrons. The average Bonchev–Trinajstić information content (AvgIpc) is 2.53. The van der Waals surface area contributed by atoms with Gasteiger partial charge in [0.15, 0.2) is 0 Å². The van der Waals surface area contributed by atoms with Crippen LogP contribution in [0.5, 0.6) is 0 Å². The number of nitrogens with zero attached hydrogens (tertiary/aromatic N) is 1. The second kappa shape index (κ2) is 7.60. The molecule has 1 unspecified atom stereocenters. The Labute approximate surface area is 128 Å². The third kappa shape index (κ3) is 4.31. The van der Waals surface area contributed by atoms with Crippen LogP contribution >= 0.6 is 0 Å². The summed E-state index contributed by atoms with van der Waals surface area (Å²) in [6.45, 7) is 5.01. The highest BCUT2D eigenvalue weighted by molar-refractivity contribution is 5.79. The van der Waals surface area contributed by atoms with Crippen LogP contribution in [0.25, 0.3) is 0 Å². The van der Waals surface area contributed by atoms with Crippen LogP contribution in [0, 0.1) is 5.92 Å². The smallest absolute Gasteiger partial charge is 0.226 e. The van der Waals surface area contributed by atoms with Crippen molar-refractivity contribution in [3.05, 3.63) is 35.9 Å². The van der Waals surface area contributed by atoms with Crippen LogP contribution in [0.3, 0.4) is 0 Å². The van der Waals surface area contributed by atoms with Crippen molar-refractivity contribution in [2.75, 3.05) is 0 Å². The normalized spacial score (nSPS) is 23.6. The molecule has 0 saturated heterocycles. The highest BCUT2D eigenvalue weighted by atomic mass is 16.2. The van der Waals surface area contributed by atoms with Crippen molar-refractivity contribution >= 4 is 5.91 Å². The van der Waals surface area contributed by atoms with E-state index in [9.17, 15) is 4.79 Å². The molecule has 0 aromatic heterocycles. The Morgan fingerprint density at radius 2 is 1.86 bits per heavy atom. The van der Waals surface area contributed by atoms with E-state index >= 15 is 0 Å². The maximum Gasteiger partial charge on any atom is 0.226 e. The van der Waals surface area contributed by atoms with Crippen molar-refractivity contribution in [1.29, 1.82) is 0 Å². The maximum atomic E-state index is 12.9. The Morgan fingerprint density at radius 3 is 2.43 bits per heavy atom. The van der Waals surface area contributed by atoms with Crippen molar-refractivity contribution in [2.24, 2.45) is 11.7 Å². The molecule has 3 nitrogen and oxygen atoms in total. The van der Waals surface area contributed by atoms with Gasteiger partial charge in [0.1, 0.15) is 0 Å². The van der Waals surface area contributed by atoms with E-state index in [4.69, 9.17) is 5.73 Å². The fraction of sp³-hybridized carbons (Fsp3) is 0.611. The van der Waals surface area contributed by atoms with Gasteiger partial charge in [0, 0.05) is 24.5 Å². The molecule has 1 amide bonds. The highest BCUT2D eigenvalue weighted by Gasteiger charge is 2.30. The number of carbonyl (C=O) groups is 1. The molecule has 1 saturated carbocycles. The van der Waals surface area contributed by atoms with Crippen LogP contribution in [0.15, 0.2) is 30.3 Å². The molecule has 2 rings (SSSR count). The van der Waals surface area contributed by atoms with Crippen LogP contribution in [0.1, 0.15) is 51.5 Å². The third-order valence-electron chi connectivity index (χ3n) is 4.72. The van der Waals surface area contributed by atoms with Gasteiger partial charge in [0.25, 0.3) is 0 Å². The van der Waals surface area contributed by atoms with Gasteiger partial charge in [0.05, 0.1) is 0 Å². The first-order chi connectivity index (χ1) is 10.1. The number of hydrogen-bond acceptors (Lipinski definition) is 2. The Morgan fingerprint density at radius 1 is 1.24 bits per heavy atom. The molecule has 3 heteroatoms. The van der Waals surface area contributed by atoms with E-state index in [-0.39, 0.29) is 12.0 Å². The molecule has 1 atom stereocenters. The predicted octanol–water partition coefficient (Wildman–Crippen LogP) is 3.33. The topological polar surface area (TPSA) is 46.3 Å². The zero-order chi connectivity index (χ0) is 15.2. The molecule has 1 fully saturated rings. The SMILES string of the molecule is CCC(C)N(Cc1ccccc1)C(=O)C1CCC(N)CC1. The second-order valence-corrected chi connectivity index (χ2v) is 6.32. The van der Waals surface area contributed by atoms with Gasteiger partial charge in [-0.2, -0.15) is 0 Å². The van der Waals surface area contributed by atoms with Crippen LogP contribution in [0.2, 0.25) is 0 Å². The van der Waals surface area contributed by atoms with Gasteiger partial charge in [-0.25, -0.2) is 0 Å². The summed E-state index contributed by atoms with van der Waals surface area (Å²) in [7, 11) is 0. The summed E-state index contributed by atoms with van der Waals surface area (Å²) in [5.41, 5.74) is 7.16. The quantitative estimate of drug-likeness (QED) is 0.903. The van der Waals surface area contributed by atoms with Crippen molar-refractivity contribution in [3.8, 4) is 0 Å². The molecule has 0 spiro atoms. The lowest BCUT2D eigenvalue weighted by Crippen LogP contribution is -2.43. The summed E-state index contributed by atoms with van der Waals surface area (Å²) in [6.07, 6.45) is 4.85. The molecular weight excluding hydrogens is 260 g/mol. The third-order valence-corrected chi connectivity index (χ3v) is 4.72. The van der Waals surface area contributed by atoms with E-state index in [2.05, 4.69) is 30.9 Å². The van der Waals surface area contributed by atoms with E-state index in [0.717, 1.165) is 38.6 Å². The fourth-order valence-electron chi connectivity index (χ4n) is 3.05. The minimum Gasteiger partial charge on any atom is -0.335 e. The molecule has 0 bridgehead atoms. The number of carbonyl (C=O) groups excluding carboxylic acids is 1. The van der Waals surface area contributed by atoms with E-state index < -0.39 is 0 Å². The summed E-state index contributed by atoms with van der Waals surface area (Å²) in [5.74, 6) is 0.489. The lowest BCUT2D eigenvalue weighted by atomic mass is 9.85. The molecule has 0 aliphatic heterocycles. The largest absolute Gasteiger partial charge is 0.335 e. The van der Waals surface area contributed by atoms with Crippen LogP contribution in [-0.2, 0) is 11.3 Å². The highest BCUT2D eigenvalue weighted by Crippen LogP contribution is 2.27. The number of amides is 1. The van der Waals surface area contributed by atoms with Crippen molar-refractivity contribution < 1.29 is 4.79 Å². The predicted molar refractivity (Wildman–Crippen MR) is 86.7 cm³/mol. The Kier molecular flexibility index (Phi) is 5.80. The summed E-state index contributed by atoms with van der Waals surface area (Å²) < 4.78 is 0. The second-order valence-electron chi connectivity index (χ2n) is 6.32. The molecule has 1 aromatic carbocycles. The molecule has 21 heavy (non-hydrogen) atoms. The van der Waals surface area contributed by atoms with Gasteiger partial charge in [-0.1, -0.05) is 37.3 Å². The average molecular weight is 288 g/mol. The van der Waals surface area contributed by atoms with E-state index in [0.29, 0.717) is 11.9 Å². The van der Waals surface area contributed by atoms with Crippen molar-refractivity contribution in [2.45, 2.75) is 64.6 Å². The summed E-state index contributed by atoms with van der Waals surface area (Å²) in [6, 6.07) is 10.9. The molecule has 1 aromatic rings. The summed E-state index contributed by atoms with van der Waals surface area (Å²) >= 11 is 0. The first kappa shape index (κ1) is 16.0. The lowest BCUT2D eigenvalue weighted by Gasteiger charge is -2.34. The molecule has 116 valence electrons. The molecular formula is C18H28N2O. The number of benzene rings is 1. The Balaban J connectivity index is 2.06. The van der Waals surface area contributed by atoms with E-state index in [1.807, 2.05) is 18.2 Å². The summed E-state index contributed by atoms with van der Waals surface area (Å²) in [5, 5.41) is 0. The van der Waals surface area contributed by atoms with Gasteiger partial charge in [-0.05, 0) is 44.6 Å². The van der Waals surface area contributed by atoms with Gasteiger partial charge < -0.3 is 10.6 Å². The van der Waals surface area contributed by atoms with Crippen molar-refractivity contribution in [3.63, 3.8) is 0 Å².